The summed E-state index contributed by atoms with van der Waals surface area (Å²) in [6.45, 7) is 11.4. The largest absolute Gasteiger partial charge is 0.301 e. The average molecular weight is 306 g/mol. The molecule has 0 aromatic heterocycles. The van der Waals surface area contributed by atoms with Crippen molar-refractivity contribution in [3.63, 3.8) is 0 Å². The summed E-state index contributed by atoms with van der Waals surface area (Å²) in [5.74, 6) is 0. The molecule has 0 aliphatic heterocycles. The first-order chi connectivity index (χ1) is 10.1. The van der Waals surface area contributed by atoms with Crippen molar-refractivity contribution in [1.82, 2.24) is 0 Å². The Morgan fingerprint density at radius 1 is 1.23 bits per heavy atom. The molecule has 118 valence electrons. The van der Waals surface area contributed by atoms with Crippen molar-refractivity contribution in [1.29, 1.82) is 0 Å². The Kier molecular flexibility index (Phi) is 4.98. The number of nitro benzene ring substituents is 2. The Morgan fingerprint density at radius 3 is 2.27 bits per heavy atom. The molecule has 0 unspecified atom stereocenters. The summed E-state index contributed by atoms with van der Waals surface area (Å²) in [6.07, 6.45) is 0. The highest BCUT2D eigenvalue weighted by molar-refractivity contribution is 5.90. The van der Waals surface area contributed by atoms with E-state index in [1.54, 1.807) is 6.92 Å². The van der Waals surface area contributed by atoms with Crippen LogP contribution >= 0.6 is 0 Å². The van der Waals surface area contributed by atoms with E-state index in [1.807, 2.05) is 20.8 Å². The van der Waals surface area contributed by atoms with Gasteiger partial charge in [0.15, 0.2) is 0 Å². The first kappa shape index (κ1) is 17.3. The minimum atomic E-state index is -0.690. The summed E-state index contributed by atoms with van der Waals surface area (Å²) in [4.78, 5) is 20.3. The van der Waals surface area contributed by atoms with Crippen LogP contribution in [0.25, 0.3) is 0 Å². The SMILES string of the molecule is C=C(C)C(C)(C)/C(C)=N\Nc1ccc([N+](=O)[O-])cc1[N+](=O)[O-]. The van der Waals surface area contributed by atoms with E-state index in [0.717, 1.165) is 11.6 Å². The molecule has 22 heavy (non-hydrogen) atoms. The summed E-state index contributed by atoms with van der Waals surface area (Å²) in [5.41, 5.74) is 3.16. The smallest absolute Gasteiger partial charge is 0.272 e. The van der Waals surface area contributed by atoms with Gasteiger partial charge in [-0.05, 0) is 19.9 Å². The zero-order chi connectivity index (χ0) is 17.1. The fourth-order valence-electron chi connectivity index (χ4n) is 1.47. The van der Waals surface area contributed by atoms with Gasteiger partial charge in [0.05, 0.1) is 15.9 Å². The second kappa shape index (κ2) is 6.33. The molecule has 0 aliphatic rings. The summed E-state index contributed by atoms with van der Waals surface area (Å²) >= 11 is 0. The number of non-ortho nitro benzene ring substituents is 1. The molecule has 0 radical (unpaired) electrons. The van der Waals surface area contributed by atoms with Crippen molar-refractivity contribution in [2.45, 2.75) is 27.7 Å². The van der Waals surface area contributed by atoms with Crippen molar-refractivity contribution >= 4 is 22.8 Å². The van der Waals surface area contributed by atoms with E-state index in [-0.39, 0.29) is 16.8 Å². The Morgan fingerprint density at radius 2 is 1.82 bits per heavy atom. The molecule has 0 amide bonds. The van der Waals surface area contributed by atoms with Crippen LogP contribution in [0.1, 0.15) is 27.7 Å². The van der Waals surface area contributed by atoms with E-state index in [1.165, 1.54) is 12.1 Å². The molecular weight excluding hydrogens is 288 g/mol. The topological polar surface area (TPSA) is 111 Å². The average Bonchev–Trinajstić information content (AvgIpc) is 2.43. The van der Waals surface area contributed by atoms with E-state index in [4.69, 9.17) is 0 Å². The summed E-state index contributed by atoms with van der Waals surface area (Å²) in [7, 11) is 0. The van der Waals surface area contributed by atoms with E-state index < -0.39 is 15.5 Å². The Balaban J connectivity index is 3.16. The van der Waals surface area contributed by atoms with E-state index in [0.29, 0.717) is 5.71 Å². The monoisotopic (exact) mass is 306 g/mol. The first-order valence-electron chi connectivity index (χ1n) is 6.47. The maximum Gasteiger partial charge on any atom is 0.301 e. The van der Waals surface area contributed by atoms with Crippen molar-refractivity contribution in [2.24, 2.45) is 10.5 Å². The third-order valence-electron chi connectivity index (χ3n) is 3.70. The summed E-state index contributed by atoms with van der Waals surface area (Å²) < 4.78 is 0. The quantitative estimate of drug-likeness (QED) is 0.371. The molecule has 0 bridgehead atoms. The molecule has 0 saturated carbocycles. The van der Waals surface area contributed by atoms with Gasteiger partial charge >= 0.3 is 5.69 Å². The number of hydrogen-bond acceptors (Lipinski definition) is 6. The second-order valence-electron chi connectivity index (χ2n) is 5.43. The fourth-order valence-corrected chi connectivity index (χ4v) is 1.47. The first-order valence-corrected chi connectivity index (χ1v) is 6.47. The molecule has 0 atom stereocenters. The number of rotatable bonds is 6. The lowest BCUT2D eigenvalue weighted by atomic mass is 9.82. The minimum Gasteiger partial charge on any atom is -0.272 e. The van der Waals surface area contributed by atoms with Crippen molar-refractivity contribution < 1.29 is 9.85 Å². The van der Waals surface area contributed by atoms with E-state index in [2.05, 4.69) is 17.1 Å². The van der Waals surface area contributed by atoms with Crippen LogP contribution in [0.3, 0.4) is 0 Å². The molecule has 0 saturated heterocycles. The standard InChI is InChI=1S/C14H18N4O4/c1-9(2)14(4,5)10(3)15-16-12-7-6-11(17(19)20)8-13(12)18(21)22/h6-8,16H,1H2,2-5H3/b15-10-. The lowest BCUT2D eigenvalue weighted by Crippen LogP contribution is -2.23. The predicted octanol–water partition coefficient (Wildman–Crippen LogP) is 3.89. The molecule has 8 heteroatoms. The maximum atomic E-state index is 11.0. The van der Waals surface area contributed by atoms with Gasteiger partial charge < -0.3 is 0 Å². The van der Waals surface area contributed by atoms with Gasteiger partial charge in [-0.2, -0.15) is 5.10 Å². The minimum absolute atomic E-state index is 0.0902. The van der Waals surface area contributed by atoms with Gasteiger partial charge in [0.2, 0.25) is 0 Å². The van der Waals surface area contributed by atoms with Crippen LogP contribution in [0, 0.1) is 25.6 Å². The zero-order valence-electron chi connectivity index (χ0n) is 12.9. The predicted molar refractivity (Wildman–Crippen MR) is 85.1 cm³/mol. The molecule has 1 N–H and O–H groups in total. The van der Waals surface area contributed by atoms with Gasteiger partial charge in [-0.15, -0.1) is 0 Å². The highest BCUT2D eigenvalue weighted by Crippen LogP contribution is 2.30. The van der Waals surface area contributed by atoms with Gasteiger partial charge in [0.25, 0.3) is 5.69 Å². The van der Waals surface area contributed by atoms with Crippen molar-refractivity contribution in [2.75, 3.05) is 5.43 Å². The van der Waals surface area contributed by atoms with Crippen molar-refractivity contribution in [3.05, 3.63) is 50.6 Å². The molecule has 0 fully saturated rings. The van der Waals surface area contributed by atoms with Gasteiger partial charge in [-0.3, -0.25) is 25.7 Å². The van der Waals surface area contributed by atoms with Gasteiger partial charge in [-0.25, -0.2) is 0 Å². The number of nitro groups is 2. The van der Waals surface area contributed by atoms with Crippen molar-refractivity contribution in [3.8, 4) is 0 Å². The molecule has 0 aliphatic carbocycles. The number of nitrogens with one attached hydrogen (secondary N) is 1. The number of anilines is 1. The third-order valence-corrected chi connectivity index (χ3v) is 3.70. The van der Waals surface area contributed by atoms with Crippen LogP contribution in [-0.4, -0.2) is 15.6 Å². The highest BCUT2D eigenvalue weighted by Gasteiger charge is 2.23. The van der Waals surface area contributed by atoms with Gasteiger partial charge in [-0.1, -0.05) is 26.0 Å². The number of allylic oxidation sites excluding steroid dienone is 1. The highest BCUT2D eigenvalue weighted by atomic mass is 16.6. The Labute approximate surface area is 127 Å². The van der Waals surface area contributed by atoms with Gasteiger partial charge in [0, 0.05) is 17.2 Å². The molecule has 1 aromatic carbocycles. The molecule has 1 aromatic rings. The number of nitrogens with zero attached hydrogens (tertiary/aromatic N) is 3. The second-order valence-corrected chi connectivity index (χ2v) is 5.43. The Hall–Kier alpha value is -2.77. The molecule has 0 spiro atoms. The van der Waals surface area contributed by atoms with Crippen LogP contribution in [0.4, 0.5) is 17.1 Å². The lowest BCUT2D eigenvalue weighted by Gasteiger charge is -2.24. The van der Waals surface area contributed by atoms with Gasteiger partial charge in [0.1, 0.15) is 5.69 Å². The van der Waals surface area contributed by atoms with Crippen LogP contribution < -0.4 is 5.43 Å². The molecule has 1 rings (SSSR count). The lowest BCUT2D eigenvalue weighted by molar-refractivity contribution is -0.393. The molecular formula is C14H18N4O4. The third kappa shape index (κ3) is 3.66. The fraction of sp³-hybridized carbons (Fsp3) is 0.357. The van der Waals surface area contributed by atoms with Crippen LogP contribution in [0.2, 0.25) is 0 Å². The zero-order valence-corrected chi connectivity index (χ0v) is 12.9. The normalized spacial score (nSPS) is 11.9. The van der Waals surface area contributed by atoms with Crippen LogP contribution in [0.5, 0.6) is 0 Å². The number of hydrazone groups is 1. The van der Waals surface area contributed by atoms with E-state index in [9.17, 15) is 20.2 Å². The van der Waals surface area contributed by atoms with E-state index >= 15 is 0 Å². The van der Waals surface area contributed by atoms with Crippen LogP contribution in [-0.2, 0) is 0 Å². The number of hydrogen-bond donors (Lipinski definition) is 1. The summed E-state index contributed by atoms with van der Waals surface area (Å²) in [6, 6.07) is 3.35. The molecule has 0 heterocycles. The number of benzene rings is 1. The summed E-state index contributed by atoms with van der Waals surface area (Å²) in [5, 5.41) is 25.8. The maximum absolute atomic E-state index is 11.0. The van der Waals surface area contributed by atoms with Crippen LogP contribution in [0.15, 0.2) is 35.5 Å². The molecule has 8 nitrogen and oxygen atoms in total. The Bertz CT molecular complexity index is 665.